The number of hydrogen-bond acceptors (Lipinski definition) is 5. The zero-order valence-corrected chi connectivity index (χ0v) is 19.0. The summed E-state index contributed by atoms with van der Waals surface area (Å²) in [6.07, 6.45) is 2.18. The average molecular weight is 434 g/mol. The Morgan fingerprint density at radius 1 is 1.30 bits per heavy atom. The summed E-state index contributed by atoms with van der Waals surface area (Å²) in [5.41, 5.74) is 1.42. The van der Waals surface area contributed by atoms with Crippen LogP contribution in [0.3, 0.4) is 0 Å². The first kappa shape index (κ1) is 22.5. The number of rotatable bonds is 7. The van der Waals surface area contributed by atoms with Gasteiger partial charge in [0, 0.05) is 25.7 Å². The number of aryl methyl sites for hydroxylation is 2. The number of amides is 1. The molecular formula is C22H31N3O4S. The van der Waals surface area contributed by atoms with Crippen molar-refractivity contribution in [1.29, 1.82) is 0 Å². The lowest BCUT2D eigenvalue weighted by Gasteiger charge is -2.36. The molecule has 8 heteroatoms. The molecule has 1 saturated heterocycles. The molecule has 0 spiro atoms. The molecule has 1 aromatic heterocycles. The minimum Gasteiger partial charge on any atom is -0.360 e. The van der Waals surface area contributed by atoms with Gasteiger partial charge in [-0.05, 0) is 45.6 Å². The highest BCUT2D eigenvalue weighted by Crippen LogP contribution is 2.29. The van der Waals surface area contributed by atoms with Gasteiger partial charge in [-0.3, -0.25) is 4.79 Å². The highest BCUT2D eigenvalue weighted by molar-refractivity contribution is 7.89. The van der Waals surface area contributed by atoms with Crippen LogP contribution < -0.4 is 0 Å². The van der Waals surface area contributed by atoms with Crippen molar-refractivity contribution in [2.24, 2.45) is 5.92 Å². The fraction of sp³-hybridized carbons (Fsp3) is 0.545. The number of aromatic nitrogens is 1. The predicted octanol–water partition coefficient (Wildman–Crippen LogP) is 3.52. The topological polar surface area (TPSA) is 83.7 Å². The smallest absolute Gasteiger partial charge is 0.248 e. The number of carbonyl (C=O) groups is 1. The lowest BCUT2D eigenvalue weighted by Crippen LogP contribution is -2.48. The van der Waals surface area contributed by atoms with Crippen LogP contribution in [-0.4, -0.2) is 47.8 Å². The van der Waals surface area contributed by atoms with Crippen molar-refractivity contribution >= 4 is 15.9 Å². The molecule has 2 aromatic rings. The van der Waals surface area contributed by atoms with Crippen LogP contribution in [0.4, 0.5) is 0 Å². The Kier molecular flexibility index (Phi) is 6.98. The quantitative estimate of drug-likeness (QED) is 0.667. The number of sulfonamides is 1. The summed E-state index contributed by atoms with van der Waals surface area (Å²) in [6, 6.07) is 9.99. The van der Waals surface area contributed by atoms with E-state index in [0.29, 0.717) is 31.6 Å². The largest absolute Gasteiger partial charge is 0.360 e. The maximum Gasteiger partial charge on any atom is 0.248 e. The van der Waals surface area contributed by atoms with Crippen molar-refractivity contribution in [2.75, 3.05) is 13.1 Å². The van der Waals surface area contributed by atoms with Gasteiger partial charge in [0.25, 0.3) is 0 Å². The van der Waals surface area contributed by atoms with Crippen LogP contribution >= 0.6 is 0 Å². The molecule has 1 aliphatic rings. The second-order valence-corrected chi connectivity index (χ2v) is 9.94. The Bertz CT molecular complexity index is 952. The maximum atomic E-state index is 13.5. The molecule has 1 fully saturated rings. The Balaban J connectivity index is 1.81. The number of carbonyl (C=O) groups excluding carboxylic acids is 1. The van der Waals surface area contributed by atoms with Gasteiger partial charge in [0.1, 0.15) is 10.6 Å². The van der Waals surface area contributed by atoms with Crippen LogP contribution in [0.5, 0.6) is 0 Å². The normalized spacial score (nSPS) is 18.9. The van der Waals surface area contributed by atoms with E-state index in [4.69, 9.17) is 4.52 Å². The second-order valence-electron chi connectivity index (χ2n) is 8.06. The number of piperidine rings is 1. The minimum absolute atomic E-state index is 0.0202. The molecule has 1 amide bonds. The van der Waals surface area contributed by atoms with Crippen LogP contribution in [0.15, 0.2) is 39.8 Å². The summed E-state index contributed by atoms with van der Waals surface area (Å²) in [7, 11) is -3.75. The number of hydrogen-bond donors (Lipinski definition) is 0. The molecule has 3 rings (SSSR count). The Morgan fingerprint density at radius 3 is 2.60 bits per heavy atom. The Hall–Kier alpha value is -2.19. The van der Waals surface area contributed by atoms with Gasteiger partial charge in [-0.2, -0.15) is 4.31 Å². The molecule has 164 valence electrons. The van der Waals surface area contributed by atoms with Crippen LogP contribution in [0.25, 0.3) is 0 Å². The van der Waals surface area contributed by atoms with E-state index < -0.39 is 10.0 Å². The zero-order valence-electron chi connectivity index (χ0n) is 18.2. The fourth-order valence-corrected chi connectivity index (χ4v) is 5.84. The van der Waals surface area contributed by atoms with Crippen LogP contribution in [0.2, 0.25) is 0 Å². The summed E-state index contributed by atoms with van der Waals surface area (Å²) >= 11 is 0. The molecule has 7 nitrogen and oxygen atoms in total. The lowest BCUT2D eigenvalue weighted by atomic mass is 9.96. The van der Waals surface area contributed by atoms with Crippen LogP contribution in [0, 0.1) is 19.8 Å². The third-order valence-electron chi connectivity index (χ3n) is 5.90. The van der Waals surface area contributed by atoms with E-state index in [1.54, 1.807) is 13.8 Å². The van der Waals surface area contributed by atoms with Gasteiger partial charge in [0.15, 0.2) is 5.76 Å². The third kappa shape index (κ3) is 4.59. The van der Waals surface area contributed by atoms with E-state index in [0.717, 1.165) is 12.0 Å². The van der Waals surface area contributed by atoms with Crippen molar-refractivity contribution in [3.05, 3.63) is 47.3 Å². The van der Waals surface area contributed by atoms with E-state index in [1.165, 1.54) is 4.31 Å². The van der Waals surface area contributed by atoms with Gasteiger partial charge in [-0.1, -0.05) is 42.4 Å². The van der Waals surface area contributed by atoms with Crippen molar-refractivity contribution < 1.29 is 17.7 Å². The average Bonchev–Trinajstić information content (AvgIpc) is 3.10. The summed E-state index contributed by atoms with van der Waals surface area (Å²) in [5.74, 6) is -0.0511. The summed E-state index contributed by atoms with van der Waals surface area (Å²) in [5, 5.41) is 3.78. The van der Waals surface area contributed by atoms with Crippen molar-refractivity contribution in [2.45, 2.75) is 64.4 Å². The summed E-state index contributed by atoms with van der Waals surface area (Å²) < 4.78 is 32.9. The molecule has 30 heavy (non-hydrogen) atoms. The Morgan fingerprint density at radius 2 is 2.00 bits per heavy atom. The second kappa shape index (κ2) is 9.31. The molecule has 2 atom stereocenters. The number of benzene rings is 1. The molecule has 2 heterocycles. The fourth-order valence-electron chi connectivity index (χ4n) is 4.02. The van der Waals surface area contributed by atoms with Crippen molar-refractivity contribution in [3.63, 3.8) is 0 Å². The molecule has 1 aliphatic heterocycles. The molecule has 0 radical (unpaired) electrons. The lowest BCUT2D eigenvalue weighted by molar-refractivity contribution is -0.139. The van der Waals surface area contributed by atoms with E-state index in [1.807, 2.05) is 42.2 Å². The number of nitrogens with zero attached hydrogens (tertiary/aromatic N) is 3. The van der Waals surface area contributed by atoms with E-state index in [2.05, 4.69) is 12.1 Å². The predicted molar refractivity (Wildman–Crippen MR) is 114 cm³/mol. The van der Waals surface area contributed by atoms with Gasteiger partial charge < -0.3 is 9.42 Å². The molecular weight excluding hydrogens is 402 g/mol. The van der Waals surface area contributed by atoms with Crippen LogP contribution in [-0.2, 0) is 21.4 Å². The third-order valence-corrected chi connectivity index (χ3v) is 8.01. The van der Waals surface area contributed by atoms with Gasteiger partial charge in [-0.25, -0.2) is 8.42 Å². The molecule has 1 aromatic carbocycles. The molecule has 0 bridgehead atoms. The summed E-state index contributed by atoms with van der Waals surface area (Å²) in [4.78, 5) is 15.5. The highest BCUT2D eigenvalue weighted by Gasteiger charge is 2.38. The Labute approximate surface area is 179 Å². The van der Waals surface area contributed by atoms with Gasteiger partial charge in [-0.15, -0.1) is 0 Å². The molecule has 2 unspecified atom stereocenters. The molecule has 0 aliphatic carbocycles. The van der Waals surface area contributed by atoms with Gasteiger partial charge in [0.05, 0.1) is 5.92 Å². The van der Waals surface area contributed by atoms with E-state index >= 15 is 0 Å². The SMILES string of the molecule is CCC(C)N(Cc1ccccc1)C(=O)C1CCCN(S(=O)(=O)c2c(C)noc2C)C1. The van der Waals surface area contributed by atoms with E-state index in [-0.39, 0.29) is 35.1 Å². The first-order valence-electron chi connectivity index (χ1n) is 10.5. The first-order valence-corrected chi connectivity index (χ1v) is 12.0. The van der Waals surface area contributed by atoms with Gasteiger partial charge in [0.2, 0.25) is 15.9 Å². The molecule has 0 N–H and O–H groups in total. The van der Waals surface area contributed by atoms with E-state index in [9.17, 15) is 13.2 Å². The molecule has 0 saturated carbocycles. The van der Waals surface area contributed by atoms with Gasteiger partial charge >= 0.3 is 0 Å². The zero-order chi connectivity index (χ0) is 21.9. The highest BCUT2D eigenvalue weighted by atomic mass is 32.2. The van der Waals surface area contributed by atoms with Crippen molar-refractivity contribution in [3.8, 4) is 0 Å². The van der Waals surface area contributed by atoms with Crippen LogP contribution in [0.1, 0.15) is 50.1 Å². The monoisotopic (exact) mass is 433 g/mol. The standard InChI is InChI=1S/C22H31N3O4S/c1-5-16(2)25(14-19-10-7-6-8-11-19)22(26)20-12-9-13-24(15-20)30(27,28)21-17(3)23-29-18(21)4/h6-8,10-11,16,20H,5,9,12-15H2,1-4H3. The maximum absolute atomic E-state index is 13.5. The summed E-state index contributed by atoms with van der Waals surface area (Å²) in [6.45, 7) is 8.45. The van der Waals surface area contributed by atoms with Crippen molar-refractivity contribution in [1.82, 2.24) is 14.4 Å². The first-order chi connectivity index (χ1) is 14.3. The minimum atomic E-state index is -3.75.